The van der Waals surface area contributed by atoms with Gasteiger partial charge >= 0.3 is 5.97 Å². The third-order valence-corrected chi connectivity index (χ3v) is 3.70. The van der Waals surface area contributed by atoms with Crippen LogP contribution in [0.5, 0.6) is 0 Å². The Balaban J connectivity index is 0.000000293. The molecule has 6 nitrogen and oxygen atoms in total. The quantitative estimate of drug-likeness (QED) is 0.773. The van der Waals surface area contributed by atoms with Gasteiger partial charge in [0.05, 0.1) is 31.0 Å². The van der Waals surface area contributed by atoms with E-state index in [1.54, 1.807) is 30.3 Å². The molecule has 6 heteroatoms. The number of hydrogen-bond acceptors (Lipinski definition) is 5. The molecule has 0 aromatic heterocycles. The number of benzene rings is 1. The number of carboxylic acids is 1. The molecule has 1 aliphatic rings. The van der Waals surface area contributed by atoms with E-state index in [2.05, 4.69) is 0 Å². The highest BCUT2D eigenvalue weighted by Gasteiger charge is 2.32. The molecule has 1 aromatic rings. The lowest BCUT2D eigenvalue weighted by atomic mass is 10.0. The van der Waals surface area contributed by atoms with Crippen molar-refractivity contribution in [3.63, 3.8) is 0 Å². The number of carboxylic acid groups (broad SMARTS) is 1. The zero-order chi connectivity index (χ0) is 18.5. The molecule has 1 fully saturated rings. The van der Waals surface area contributed by atoms with Gasteiger partial charge in [-0.3, -0.25) is 0 Å². The fourth-order valence-corrected chi connectivity index (χ4v) is 2.52. The summed E-state index contributed by atoms with van der Waals surface area (Å²) in [7, 11) is 0. The maximum atomic E-state index is 10.2. The van der Waals surface area contributed by atoms with Crippen LogP contribution in [0.2, 0.25) is 0 Å². The maximum Gasteiger partial charge on any atom is 0.335 e. The average Bonchev–Trinajstić information content (AvgIpc) is 2.63. The summed E-state index contributed by atoms with van der Waals surface area (Å²) < 4.78 is 22.4. The van der Waals surface area contributed by atoms with Crippen LogP contribution in [0.3, 0.4) is 0 Å². The Morgan fingerprint density at radius 2 is 1.72 bits per heavy atom. The van der Waals surface area contributed by atoms with E-state index in [4.69, 9.17) is 24.1 Å². The third kappa shape index (κ3) is 8.45. The first kappa shape index (κ1) is 21.6. The maximum absolute atomic E-state index is 10.2. The van der Waals surface area contributed by atoms with Gasteiger partial charge in [-0.25, -0.2) is 4.79 Å². The molecule has 0 saturated carbocycles. The lowest BCUT2D eigenvalue weighted by molar-refractivity contribution is -0.170. The highest BCUT2D eigenvalue weighted by molar-refractivity contribution is 5.87. The summed E-state index contributed by atoms with van der Waals surface area (Å²) in [5.41, 5.74) is 0.331. The minimum atomic E-state index is -0.879. The molecule has 1 N–H and O–H groups in total. The first-order valence-electron chi connectivity index (χ1n) is 8.83. The minimum absolute atomic E-state index is 0.0721. The van der Waals surface area contributed by atoms with Gasteiger partial charge in [-0.05, 0) is 32.9 Å². The Kier molecular flexibility index (Phi) is 11.1. The number of aromatic carboxylic acids is 1. The highest BCUT2D eigenvalue weighted by atomic mass is 16.6. The lowest BCUT2D eigenvalue weighted by Crippen LogP contribution is -2.45. The second-order valence-electron chi connectivity index (χ2n) is 5.51. The molecule has 1 saturated heterocycles. The molecule has 0 aliphatic carbocycles. The summed E-state index contributed by atoms with van der Waals surface area (Å²) in [5, 5.41) is 8.38. The van der Waals surface area contributed by atoms with Crippen molar-refractivity contribution in [2.45, 2.75) is 45.5 Å². The van der Waals surface area contributed by atoms with Crippen molar-refractivity contribution in [2.75, 3.05) is 33.0 Å². The van der Waals surface area contributed by atoms with Crippen LogP contribution in [0, 0.1) is 0 Å². The van der Waals surface area contributed by atoms with Crippen LogP contribution in [0.1, 0.15) is 37.6 Å². The lowest BCUT2D eigenvalue weighted by Gasteiger charge is -2.35. The van der Waals surface area contributed by atoms with Crippen molar-refractivity contribution >= 4 is 5.97 Å². The molecule has 0 spiro atoms. The van der Waals surface area contributed by atoms with Crippen molar-refractivity contribution in [2.24, 2.45) is 0 Å². The molecular weight excluding hydrogens is 324 g/mol. The summed E-state index contributed by atoms with van der Waals surface area (Å²) in [5.74, 6) is -0.879. The molecule has 3 atom stereocenters. The van der Waals surface area contributed by atoms with Crippen molar-refractivity contribution in [1.82, 2.24) is 0 Å². The number of ether oxygens (including phenoxy) is 4. The standard InChI is InChI=1S/C12H24O4.C7H6O2/c1-4-13-8-10-7-11(14-5-2)12(9-16-10)15-6-3;8-7(9)6-4-2-1-3-5-6/h10-12H,4-9H2,1-3H3;1-5H,(H,8,9). The molecule has 25 heavy (non-hydrogen) atoms. The van der Waals surface area contributed by atoms with Crippen LogP contribution in [-0.2, 0) is 18.9 Å². The number of carbonyl (C=O) groups is 1. The van der Waals surface area contributed by atoms with Crippen LogP contribution < -0.4 is 0 Å². The largest absolute Gasteiger partial charge is 0.478 e. The zero-order valence-corrected chi connectivity index (χ0v) is 15.3. The van der Waals surface area contributed by atoms with E-state index in [-0.39, 0.29) is 18.3 Å². The first-order valence-corrected chi connectivity index (χ1v) is 8.83. The Morgan fingerprint density at radius 3 is 2.24 bits per heavy atom. The van der Waals surface area contributed by atoms with Gasteiger partial charge in [-0.15, -0.1) is 0 Å². The number of hydrogen-bond donors (Lipinski definition) is 1. The van der Waals surface area contributed by atoms with Crippen molar-refractivity contribution in [3.05, 3.63) is 35.9 Å². The molecule has 0 bridgehead atoms. The predicted octanol–water partition coefficient (Wildman–Crippen LogP) is 3.01. The van der Waals surface area contributed by atoms with E-state index in [0.717, 1.165) is 19.6 Å². The average molecular weight is 354 g/mol. The Labute approximate surface area is 150 Å². The van der Waals surface area contributed by atoms with Gasteiger partial charge < -0.3 is 24.1 Å². The fraction of sp³-hybridized carbons (Fsp3) is 0.632. The van der Waals surface area contributed by atoms with Gasteiger partial charge in [0.15, 0.2) is 0 Å². The van der Waals surface area contributed by atoms with Gasteiger partial charge in [0.2, 0.25) is 0 Å². The summed E-state index contributed by atoms with van der Waals surface area (Å²) in [6, 6.07) is 8.30. The van der Waals surface area contributed by atoms with E-state index >= 15 is 0 Å². The van der Waals surface area contributed by atoms with Gasteiger partial charge in [0, 0.05) is 26.2 Å². The zero-order valence-electron chi connectivity index (χ0n) is 15.3. The van der Waals surface area contributed by atoms with Crippen molar-refractivity contribution < 1.29 is 28.8 Å². The summed E-state index contributed by atoms with van der Waals surface area (Å²) in [4.78, 5) is 10.2. The summed E-state index contributed by atoms with van der Waals surface area (Å²) >= 11 is 0. The second-order valence-corrected chi connectivity index (χ2v) is 5.51. The Hall–Kier alpha value is -1.47. The minimum Gasteiger partial charge on any atom is -0.478 e. The van der Waals surface area contributed by atoms with Crippen LogP contribution >= 0.6 is 0 Å². The third-order valence-electron chi connectivity index (χ3n) is 3.70. The molecule has 2 rings (SSSR count). The molecule has 142 valence electrons. The molecule has 0 amide bonds. The van der Waals surface area contributed by atoms with E-state index in [1.807, 2.05) is 20.8 Å². The van der Waals surface area contributed by atoms with E-state index in [0.29, 0.717) is 25.4 Å². The van der Waals surface area contributed by atoms with Crippen molar-refractivity contribution in [3.8, 4) is 0 Å². The molecule has 1 aliphatic heterocycles. The summed E-state index contributed by atoms with van der Waals surface area (Å²) in [6.07, 6.45) is 1.22. The van der Waals surface area contributed by atoms with Crippen LogP contribution in [0.4, 0.5) is 0 Å². The van der Waals surface area contributed by atoms with Crippen LogP contribution in [-0.4, -0.2) is 62.4 Å². The van der Waals surface area contributed by atoms with Crippen LogP contribution in [0.15, 0.2) is 30.3 Å². The van der Waals surface area contributed by atoms with E-state index < -0.39 is 5.97 Å². The van der Waals surface area contributed by atoms with E-state index in [1.165, 1.54) is 0 Å². The molecular formula is C19H30O6. The fourth-order valence-electron chi connectivity index (χ4n) is 2.52. The topological polar surface area (TPSA) is 74.2 Å². The first-order chi connectivity index (χ1) is 12.1. The molecule has 3 unspecified atom stereocenters. The normalized spacial score (nSPS) is 22.8. The Morgan fingerprint density at radius 1 is 1.08 bits per heavy atom. The summed E-state index contributed by atoms with van der Waals surface area (Å²) in [6.45, 7) is 9.41. The monoisotopic (exact) mass is 354 g/mol. The van der Waals surface area contributed by atoms with Crippen LogP contribution in [0.25, 0.3) is 0 Å². The van der Waals surface area contributed by atoms with Gasteiger partial charge in [0.25, 0.3) is 0 Å². The van der Waals surface area contributed by atoms with Crippen molar-refractivity contribution in [1.29, 1.82) is 0 Å². The van der Waals surface area contributed by atoms with E-state index in [9.17, 15) is 4.79 Å². The second kappa shape index (κ2) is 12.8. The SMILES string of the molecule is CCOCC1CC(OCC)C(OCC)CO1.O=C(O)c1ccccc1. The Bertz CT molecular complexity index is 464. The highest BCUT2D eigenvalue weighted by Crippen LogP contribution is 2.20. The van der Waals surface area contributed by atoms with Gasteiger partial charge in [-0.2, -0.15) is 0 Å². The number of rotatable bonds is 8. The van der Waals surface area contributed by atoms with Gasteiger partial charge in [0.1, 0.15) is 6.10 Å². The molecule has 0 radical (unpaired) electrons. The molecule has 1 heterocycles. The predicted molar refractivity (Wildman–Crippen MR) is 95.1 cm³/mol. The smallest absolute Gasteiger partial charge is 0.335 e. The van der Waals surface area contributed by atoms with Gasteiger partial charge in [-0.1, -0.05) is 18.2 Å². The molecule has 1 aromatic carbocycles.